The molecule has 3 rings (SSSR count). The molecule has 0 saturated carbocycles. The number of ether oxygens (including phenoxy) is 3. The first-order valence-electron chi connectivity index (χ1n) is 8.18. The first kappa shape index (κ1) is 18.9. The molecule has 0 amide bonds. The summed E-state index contributed by atoms with van der Waals surface area (Å²) < 4.78 is 16.9. The third kappa shape index (κ3) is 3.95. The van der Waals surface area contributed by atoms with E-state index in [9.17, 15) is 10.2 Å². The van der Waals surface area contributed by atoms with Gasteiger partial charge in [-0.25, -0.2) is 0 Å². The van der Waals surface area contributed by atoms with Crippen LogP contribution in [0.3, 0.4) is 0 Å². The van der Waals surface area contributed by atoms with E-state index >= 15 is 0 Å². The molecule has 0 aliphatic carbocycles. The molecule has 3 aromatic carbocycles. The molecule has 0 unspecified atom stereocenters. The van der Waals surface area contributed by atoms with Crippen LogP contribution in [0, 0.1) is 0 Å². The van der Waals surface area contributed by atoms with Gasteiger partial charge in [-0.2, -0.15) is 0 Å². The van der Waals surface area contributed by atoms with Gasteiger partial charge in [0, 0.05) is 0 Å². The van der Waals surface area contributed by atoms with Gasteiger partial charge < -0.3 is 24.4 Å². The summed E-state index contributed by atoms with van der Waals surface area (Å²) >= 11 is 3.34. The third-order valence-corrected chi connectivity index (χ3v) is 4.67. The molecule has 0 bridgehead atoms. The van der Waals surface area contributed by atoms with E-state index in [1.54, 1.807) is 18.2 Å². The van der Waals surface area contributed by atoms with Crippen LogP contribution in [0.15, 0.2) is 59.1 Å². The maximum absolute atomic E-state index is 10.6. The van der Waals surface area contributed by atoms with Gasteiger partial charge in [-0.1, -0.05) is 36.4 Å². The van der Waals surface area contributed by atoms with Gasteiger partial charge >= 0.3 is 0 Å². The zero-order valence-corrected chi connectivity index (χ0v) is 16.5. The van der Waals surface area contributed by atoms with Gasteiger partial charge in [-0.05, 0) is 45.3 Å². The zero-order chi connectivity index (χ0) is 19.4. The van der Waals surface area contributed by atoms with E-state index in [0.717, 1.165) is 5.56 Å². The molecule has 2 N–H and O–H groups in total. The van der Waals surface area contributed by atoms with Gasteiger partial charge in [0.15, 0.2) is 23.0 Å². The number of benzene rings is 3. The number of rotatable bonds is 6. The molecule has 0 atom stereocenters. The minimum Gasteiger partial charge on any atom is -0.504 e. The molecule has 0 spiro atoms. The second kappa shape index (κ2) is 8.22. The minimum absolute atomic E-state index is 0.0354. The van der Waals surface area contributed by atoms with Crippen molar-refractivity contribution in [2.75, 3.05) is 14.2 Å². The van der Waals surface area contributed by atoms with Crippen LogP contribution in [0.4, 0.5) is 0 Å². The highest BCUT2D eigenvalue weighted by atomic mass is 79.9. The van der Waals surface area contributed by atoms with Crippen LogP contribution in [0.2, 0.25) is 0 Å². The van der Waals surface area contributed by atoms with Crippen LogP contribution in [0.1, 0.15) is 5.56 Å². The molecule has 27 heavy (non-hydrogen) atoms. The van der Waals surface area contributed by atoms with E-state index in [-0.39, 0.29) is 17.2 Å². The number of phenolic OH excluding ortho intramolecular Hbond substituents is 2. The van der Waals surface area contributed by atoms with Crippen LogP contribution in [0.5, 0.6) is 28.7 Å². The van der Waals surface area contributed by atoms with Gasteiger partial charge in [0.2, 0.25) is 0 Å². The fourth-order valence-corrected chi connectivity index (χ4v) is 3.32. The Morgan fingerprint density at radius 3 is 2.26 bits per heavy atom. The topological polar surface area (TPSA) is 68.2 Å². The van der Waals surface area contributed by atoms with Crippen molar-refractivity contribution in [2.45, 2.75) is 6.61 Å². The number of phenols is 2. The summed E-state index contributed by atoms with van der Waals surface area (Å²) in [6.45, 7) is 0.342. The van der Waals surface area contributed by atoms with Crippen molar-refractivity contribution in [3.05, 3.63) is 64.6 Å². The zero-order valence-electron chi connectivity index (χ0n) is 14.9. The maximum atomic E-state index is 10.6. The Labute approximate surface area is 165 Å². The van der Waals surface area contributed by atoms with E-state index < -0.39 is 0 Å². The molecule has 0 saturated heterocycles. The molecule has 0 aromatic heterocycles. The highest BCUT2D eigenvalue weighted by Crippen LogP contribution is 2.49. The molecule has 0 aliphatic rings. The molecule has 140 valence electrons. The van der Waals surface area contributed by atoms with Crippen LogP contribution in [-0.2, 0) is 6.61 Å². The predicted molar refractivity (Wildman–Crippen MR) is 107 cm³/mol. The Morgan fingerprint density at radius 2 is 1.63 bits per heavy atom. The van der Waals surface area contributed by atoms with Crippen LogP contribution >= 0.6 is 15.9 Å². The summed E-state index contributed by atoms with van der Waals surface area (Å²) in [6.07, 6.45) is 0. The SMILES string of the molecule is COc1cc(Br)c(OC)c(O)c1-c1ccc(OCc2ccccc2)c(O)c1. The Balaban J connectivity index is 1.94. The van der Waals surface area contributed by atoms with Crippen molar-refractivity contribution >= 4 is 15.9 Å². The molecule has 0 aliphatic heterocycles. The number of methoxy groups -OCH3 is 2. The molecule has 0 fully saturated rings. The van der Waals surface area contributed by atoms with Crippen molar-refractivity contribution in [1.29, 1.82) is 0 Å². The van der Waals surface area contributed by atoms with Gasteiger partial charge in [0.25, 0.3) is 0 Å². The summed E-state index contributed by atoms with van der Waals surface area (Å²) in [7, 11) is 2.97. The Hall–Kier alpha value is -2.86. The number of hydrogen-bond donors (Lipinski definition) is 2. The highest BCUT2D eigenvalue weighted by Gasteiger charge is 2.20. The van der Waals surface area contributed by atoms with E-state index in [0.29, 0.717) is 33.7 Å². The number of aromatic hydroxyl groups is 2. The smallest absolute Gasteiger partial charge is 0.175 e. The van der Waals surface area contributed by atoms with Gasteiger partial charge in [-0.15, -0.1) is 0 Å². The summed E-state index contributed by atoms with van der Waals surface area (Å²) in [4.78, 5) is 0. The van der Waals surface area contributed by atoms with Crippen molar-refractivity contribution in [3.8, 4) is 39.9 Å². The Kier molecular flexibility index (Phi) is 5.76. The average Bonchev–Trinajstić information content (AvgIpc) is 2.67. The lowest BCUT2D eigenvalue weighted by Gasteiger charge is -2.16. The molecular formula is C21H19BrO5. The summed E-state index contributed by atoms with van der Waals surface area (Å²) in [5.74, 6) is 0.963. The molecular weight excluding hydrogens is 412 g/mol. The quantitative estimate of drug-likeness (QED) is 0.567. The van der Waals surface area contributed by atoms with Crippen molar-refractivity contribution < 1.29 is 24.4 Å². The highest BCUT2D eigenvalue weighted by molar-refractivity contribution is 9.10. The van der Waals surface area contributed by atoms with Gasteiger partial charge in [0.05, 0.1) is 24.3 Å². The first-order chi connectivity index (χ1) is 13.0. The summed E-state index contributed by atoms with van der Waals surface area (Å²) in [6, 6.07) is 16.3. The first-order valence-corrected chi connectivity index (χ1v) is 8.98. The fraction of sp³-hybridized carbons (Fsp3) is 0.143. The molecule has 0 heterocycles. The third-order valence-electron chi connectivity index (χ3n) is 4.08. The lowest BCUT2D eigenvalue weighted by molar-refractivity contribution is 0.289. The van der Waals surface area contributed by atoms with Crippen LogP contribution in [-0.4, -0.2) is 24.4 Å². The number of hydrogen-bond acceptors (Lipinski definition) is 5. The van der Waals surface area contributed by atoms with Crippen molar-refractivity contribution in [1.82, 2.24) is 0 Å². The Bertz CT molecular complexity index is 941. The van der Waals surface area contributed by atoms with E-state index in [2.05, 4.69) is 15.9 Å². The summed E-state index contributed by atoms with van der Waals surface area (Å²) in [5.41, 5.74) is 1.99. The van der Waals surface area contributed by atoms with Crippen LogP contribution in [0.25, 0.3) is 11.1 Å². The molecule has 5 nitrogen and oxygen atoms in total. The van der Waals surface area contributed by atoms with E-state index in [1.165, 1.54) is 20.3 Å². The standard InChI is InChI=1S/C21H19BrO5/c1-25-18-11-15(22)21(26-2)20(24)19(18)14-8-9-17(16(23)10-14)27-12-13-6-4-3-5-7-13/h3-11,23-24H,12H2,1-2H3. The largest absolute Gasteiger partial charge is 0.504 e. The molecule has 6 heteroatoms. The number of halogens is 1. The molecule has 3 aromatic rings. The average molecular weight is 431 g/mol. The van der Waals surface area contributed by atoms with Crippen molar-refractivity contribution in [2.24, 2.45) is 0 Å². The monoisotopic (exact) mass is 430 g/mol. The fourth-order valence-electron chi connectivity index (χ4n) is 2.76. The summed E-state index contributed by atoms with van der Waals surface area (Å²) in [5, 5.41) is 21.0. The second-order valence-corrected chi connectivity index (χ2v) is 6.63. The van der Waals surface area contributed by atoms with E-state index in [1.807, 2.05) is 30.3 Å². The maximum Gasteiger partial charge on any atom is 0.175 e. The van der Waals surface area contributed by atoms with Gasteiger partial charge in [0.1, 0.15) is 12.4 Å². The predicted octanol–water partition coefficient (Wildman–Crippen LogP) is 5.12. The minimum atomic E-state index is -0.0823. The second-order valence-electron chi connectivity index (χ2n) is 5.77. The van der Waals surface area contributed by atoms with Crippen LogP contribution < -0.4 is 14.2 Å². The lowest BCUT2D eigenvalue weighted by atomic mass is 10.0. The van der Waals surface area contributed by atoms with E-state index in [4.69, 9.17) is 14.2 Å². The molecule has 0 radical (unpaired) electrons. The lowest BCUT2D eigenvalue weighted by Crippen LogP contribution is -1.96. The van der Waals surface area contributed by atoms with Crippen molar-refractivity contribution in [3.63, 3.8) is 0 Å². The van der Waals surface area contributed by atoms with Gasteiger partial charge in [-0.3, -0.25) is 0 Å². The normalized spacial score (nSPS) is 10.5. The Morgan fingerprint density at radius 1 is 0.889 bits per heavy atom.